The third-order valence-corrected chi connectivity index (χ3v) is 5.70. The van der Waals surface area contributed by atoms with Crippen molar-refractivity contribution in [2.24, 2.45) is 29.4 Å². The van der Waals surface area contributed by atoms with E-state index in [-0.39, 0.29) is 12.5 Å². The van der Waals surface area contributed by atoms with Gasteiger partial charge in [0.05, 0.1) is 6.54 Å². The summed E-state index contributed by atoms with van der Waals surface area (Å²) in [4.78, 5) is 24.7. The summed E-state index contributed by atoms with van der Waals surface area (Å²) in [5, 5.41) is 0. The molecule has 1 fully saturated rings. The fourth-order valence-electron chi connectivity index (χ4n) is 4.20. The Morgan fingerprint density at radius 1 is 1.19 bits per heavy atom. The monoisotopic (exact) mass is 359 g/mol. The van der Waals surface area contributed by atoms with Gasteiger partial charge in [0.1, 0.15) is 11.9 Å². The fraction of sp³-hybridized carbons (Fsp3) is 0.636. The SMILES string of the molecule is CC(C)[C@@H]1CC[C@@H](C)C[C@H]1C(=O)CC[C@@H](OC(=O)CN)c1ccccc1. The maximum Gasteiger partial charge on any atom is 0.320 e. The zero-order valence-corrected chi connectivity index (χ0v) is 16.3. The molecule has 0 amide bonds. The summed E-state index contributed by atoms with van der Waals surface area (Å²) in [5.41, 5.74) is 6.31. The molecule has 1 aliphatic rings. The maximum absolute atomic E-state index is 13.0. The van der Waals surface area contributed by atoms with E-state index in [1.807, 2.05) is 30.3 Å². The van der Waals surface area contributed by atoms with Crippen molar-refractivity contribution in [3.8, 4) is 0 Å². The number of hydrogen-bond donors (Lipinski definition) is 1. The number of Topliss-reactive ketones (excluding diaryl/α,β-unsaturated/α-hetero) is 1. The Balaban J connectivity index is 2.04. The topological polar surface area (TPSA) is 69.4 Å². The second kappa shape index (κ2) is 9.86. The average molecular weight is 360 g/mol. The van der Waals surface area contributed by atoms with Crippen LogP contribution in [0.2, 0.25) is 0 Å². The smallest absolute Gasteiger partial charge is 0.320 e. The van der Waals surface area contributed by atoms with Crippen molar-refractivity contribution in [2.45, 2.75) is 59.0 Å². The minimum atomic E-state index is -0.433. The van der Waals surface area contributed by atoms with Crippen LogP contribution in [0.15, 0.2) is 30.3 Å². The molecule has 2 rings (SSSR count). The van der Waals surface area contributed by atoms with Gasteiger partial charge in [-0.2, -0.15) is 0 Å². The van der Waals surface area contributed by atoms with E-state index in [2.05, 4.69) is 20.8 Å². The van der Waals surface area contributed by atoms with Crippen LogP contribution >= 0.6 is 0 Å². The molecule has 1 saturated carbocycles. The zero-order chi connectivity index (χ0) is 19.1. The minimum Gasteiger partial charge on any atom is -0.457 e. The number of carbonyl (C=O) groups excluding carboxylic acids is 2. The van der Waals surface area contributed by atoms with E-state index in [9.17, 15) is 9.59 Å². The van der Waals surface area contributed by atoms with E-state index in [0.717, 1.165) is 18.4 Å². The predicted molar refractivity (Wildman–Crippen MR) is 103 cm³/mol. The van der Waals surface area contributed by atoms with Gasteiger partial charge in [0.15, 0.2) is 0 Å². The predicted octanol–water partition coefficient (Wildman–Crippen LogP) is 4.29. The summed E-state index contributed by atoms with van der Waals surface area (Å²) < 4.78 is 5.50. The number of carbonyl (C=O) groups is 2. The van der Waals surface area contributed by atoms with Crippen LogP contribution < -0.4 is 5.73 Å². The maximum atomic E-state index is 13.0. The molecule has 0 aliphatic heterocycles. The highest BCUT2D eigenvalue weighted by Gasteiger charge is 2.35. The van der Waals surface area contributed by atoms with Gasteiger partial charge in [0.25, 0.3) is 0 Å². The quantitative estimate of drug-likeness (QED) is 0.703. The van der Waals surface area contributed by atoms with Crippen molar-refractivity contribution in [1.29, 1.82) is 0 Å². The van der Waals surface area contributed by atoms with Crippen LogP contribution in [-0.2, 0) is 14.3 Å². The van der Waals surface area contributed by atoms with Crippen molar-refractivity contribution >= 4 is 11.8 Å². The number of esters is 1. The minimum absolute atomic E-state index is 0.139. The third-order valence-electron chi connectivity index (χ3n) is 5.70. The summed E-state index contributed by atoms with van der Waals surface area (Å²) in [6.45, 7) is 6.53. The molecule has 0 radical (unpaired) electrons. The van der Waals surface area contributed by atoms with E-state index in [4.69, 9.17) is 10.5 Å². The molecule has 1 aromatic rings. The molecule has 4 nitrogen and oxygen atoms in total. The normalized spacial score (nSPS) is 24.3. The second-order valence-electron chi connectivity index (χ2n) is 8.03. The highest BCUT2D eigenvalue weighted by Crippen LogP contribution is 2.39. The largest absolute Gasteiger partial charge is 0.457 e. The Bertz CT molecular complexity index is 584. The summed E-state index contributed by atoms with van der Waals surface area (Å²) >= 11 is 0. The first-order valence-electron chi connectivity index (χ1n) is 9.89. The van der Waals surface area contributed by atoms with Gasteiger partial charge in [-0.3, -0.25) is 9.59 Å². The molecule has 0 bridgehead atoms. The Morgan fingerprint density at radius 2 is 1.88 bits per heavy atom. The van der Waals surface area contributed by atoms with Gasteiger partial charge in [-0.15, -0.1) is 0 Å². The summed E-state index contributed by atoms with van der Waals surface area (Å²) in [6.07, 6.45) is 3.89. The van der Waals surface area contributed by atoms with Gasteiger partial charge in [-0.25, -0.2) is 0 Å². The molecular weight excluding hydrogens is 326 g/mol. The zero-order valence-electron chi connectivity index (χ0n) is 16.3. The van der Waals surface area contributed by atoms with Crippen molar-refractivity contribution in [1.82, 2.24) is 0 Å². The van der Waals surface area contributed by atoms with Crippen molar-refractivity contribution < 1.29 is 14.3 Å². The van der Waals surface area contributed by atoms with Crippen LogP contribution in [0.25, 0.3) is 0 Å². The van der Waals surface area contributed by atoms with Gasteiger partial charge in [-0.05, 0) is 42.6 Å². The van der Waals surface area contributed by atoms with Crippen LogP contribution in [0.1, 0.15) is 64.5 Å². The van der Waals surface area contributed by atoms with Crippen molar-refractivity contribution in [2.75, 3.05) is 6.54 Å². The molecule has 4 heteroatoms. The lowest BCUT2D eigenvalue weighted by molar-refractivity contribution is -0.148. The Morgan fingerprint density at radius 3 is 2.50 bits per heavy atom. The molecule has 144 valence electrons. The molecule has 1 aliphatic carbocycles. The highest BCUT2D eigenvalue weighted by molar-refractivity contribution is 5.81. The lowest BCUT2D eigenvalue weighted by Crippen LogP contribution is -2.33. The highest BCUT2D eigenvalue weighted by atomic mass is 16.5. The second-order valence-corrected chi connectivity index (χ2v) is 8.03. The molecule has 0 unspecified atom stereocenters. The van der Waals surface area contributed by atoms with E-state index in [1.165, 1.54) is 6.42 Å². The van der Waals surface area contributed by atoms with Gasteiger partial charge in [-0.1, -0.05) is 57.5 Å². The van der Waals surface area contributed by atoms with Crippen LogP contribution in [-0.4, -0.2) is 18.3 Å². The molecule has 4 atom stereocenters. The van der Waals surface area contributed by atoms with E-state index in [1.54, 1.807) is 0 Å². The molecule has 0 aromatic heterocycles. The number of rotatable bonds is 8. The molecule has 0 saturated heterocycles. The Kier molecular flexibility index (Phi) is 7.83. The van der Waals surface area contributed by atoms with E-state index in [0.29, 0.717) is 36.4 Å². The fourth-order valence-corrected chi connectivity index (χ4v) is 4.20. The number of ether oxygens (including phenoxy) is 1. The lowest BCUT2D eigenvalue weighted by Gasteiger charge is -2.36. The van der Waals surface area contributed by atoms with Crippen molar-refractivity contribution in [3.63, 3.8) is 0 Å². The van der Waals surface area contributed by atoms with Gasteiger partial charge in [0.2, 0.25) is 0 Å². The van der Waals surface area contributed by atoms with Crippen LogP contribution in [0.5, 0.6) is 0 Å². The number of benzene rings is 1. The molecule has 26 heavy (non-hydrogen) atoms. The molecule has 0 heterocycles. The standard InChI is InChI=1S/C22H33NO3/c1-15(2)18-10-9-16(3)13-19(18)20(24)11-12-21(26-22(25)14-23)17-7-5-4-6-8-17/h4-8,15-16,18-19,21H,9-14,23H2,1-3H3/t16-,18+,19-,21-/m1/s1. The Hall–Kier alpha value is -1.68. The number of ketones is 1. The lowest BCUT2D eigenvalue weighted by atomic mass is 9.68. The van der Waals surface area contributed by atoms with Crippen LogP contribution in [0.3, 0.4) is 0 Å². The number of nitrogens with two attached hydrogens (primary N) is 1. The first kappa shape index (κ1) is 20.6. The Labute approximate surface area is 157 Å². The summed E-state index contributed by atoms with van der Waals surface area (Å²) in [6, 6.07) is 9.61. The van der Waals surface area contributed by atoms with Gasteiger partial charge >= 0.3 is 5.97 Å². The van der Waals surface area contributed by atoms with Gasteiger partial charge < -0.3 is 10.5 Å². The summed E-state index contributed by atoms with van der Waals surface area (Å²) in [7, 11) is 0. The van der Waals surface area contributed by atoms with E-state index >= 15 is 0 Å². The molecular formula is C22H33NO3. The third kappa shape index (κ3) is 5.66. The average Bonchev–Trinajstić information content (AvgIpc) is 2.64. The summed E-state index contributed by atoms with van der Waals surface area (Å²) in [5.74, 6) is 1.63. The molecule has 0 spiro atoms. The molecule has 2 N–H and O–H groups in total. The number of hydrogen-bond acceptors (Lipinski definition) is 4. The first-order chi connectivity index (χ1) is 12.4. The van der Waals surface area contributed by atoms with E-state index < -0.39 is 12.1 Å². The van der Waals surface area contributed by atoms with Crippen LogP contribution in [0, 0.1) is 23.7 Å². The first-order valence-corrected chi connectivity index (χ1v) is 9.89. The van der Waals surface area contributed by atoms with Gasteiger partial charge in [0, 0.05) is 12.3 Å². The molecule has 1 aromatic carbocycles. The van der Waals surface area contributed by atoms with Crippen molar-refractivity contribution in [3.05, 3.63) is 35.9 Å². The van der Waals surface area contributed by atoms with Crippen LogP contribution in [0.4, 0.5) is 0 Å².